The van der Waals surface area contributed by atoms with Crippen LogP contribution in [-0.2, 0) is 27.2 Å². The number of carboxylic acids is 1. The predicted molar refractivity (Wildman–Crippen MR) is 106 cm³/mol. The molecule has 0 spiro atoms. The Bertz CT molecular complexity index is 842. The second-order valence-electron chi connectivity index (χ2n) is 7.87. The highest BCUT2D eigenvalue weighted by molar-refractivity contribution is 7.17. The van der Waals surface area contributed by atoms with Crippen LogP contribution in [0.4, 0.5) is 5.00 Å². The maximum absolute atomic E-state index is 13.1. The monoisotopic (exact) mass is 403 g/mol. The summed E-state index contributed by atoms with van der Waals surface area (Å²) in [6.07, 6.45) is 9.02. The lowest BCUT2D eigenvalue weighted by molar-refractivity contribution is -0.151. The maximum Gasteiger partial charge on any atom is 0.341 e. The summed E-state index contributed by atoms with van der Waals surface area (Å²) < 4.78 is 5.35. The molecule has 0 aromatic carbocycles. The third-order valence-electron chi connectivity index (χ3n) is 6.14. The molecule has 150 valence electrons. The molecular weight excluding hydrogens is 378 g/mol. The predicted octanol–water partition coefficient (Wildman–Crippen LogP) is 3.66. The van der Waals surface area contributed by atoms with E-state index >= 15 is 0 Å². The van der Waals surface area contributed by atoms with Gasteiger partial charge in [-0.15, -0.1) is 11.3 Å². The number of aliphatic carboxylic acids is 1. The Balaban J connectivity index is 1.60. The number of carbonyl (C=O) groups is 3. The van der Waals surface area contributed by atoms with E-state index in [1.807, 2.05) is 19.1 Å². The highest BCUT2D eigenvalue weighted by atomic mass is 32.1. The summed E-state index contributed by atoms with van der Waals surface area (Å²) >= 11 is 1.43. The number of rotatable bonds is 6. The van der Waals surface area contributed by atoms with Crippen molar-refractivity contribution < 1.29 is 24.2 Å². The summed E-state index contributed by atoms with van der Waals surface area (Å²) in [4.78, 5) is 38.7. The Morgan fingerprint density at radius 1 is 1.18 bits per heavy atom. The molecule has 0 unspecified atom stereocenters. The first-order valence-electron chi connectivity index (χ1n) is 10.0. The summed E-state index contributed by atoms with van der Waals surface area (Å²) in [6.45, 7) is 2.28. The van der Waals surface area contributed by atoms with E-state index in [9.17, 15) is 19.5 Å². The van der Waals surface area contributed by atoms with Crippen LogP contribution in [0.1, 0.15) is 53.4 Å². The molecule has 1 heterocycles. The number of allylic oxidation sites excluding steroid dienone is 2. The molecule has 4 aliphatic carbocycles. The van der Waals surface area contributed by atoms with E-state index in [1.54, 1.807) is 0 Å². The van der Waals surface area contributed by atoms with Gasteiger partial charge in [-0.05, 0) is 55.9 Å². The Kier molecular flexibility index (Phi) is 5.27. The number of anilines is 1. The van der Waals surface area contributed by atoms with Crippen LogP contribution in [0.15, 0.2) is 12.2 Å². The van der Waals surface area contributed by atoms with E-state index in [-0.39, 0.29) is 17.7 Å². The van der Waals surface area contributed by atoms with Crippen molar-refractivity contribution in [2.24, 2.45) is 23.7 Å². The van der Waals surface area contributed by atoms with Gasteiger partial charge in [-0.25, -0.2) is 4.79 Å². The summed E-state index contributed by atoms with van der Waals surface area (Å²) in [5.41, 5.74) is 1.46. The number of thiophene rings is 1. The fourth-order valence-electron chi connectivity index (χ4n) is 4.86. The van der Waals surface area contributed by atoms with E-state index in [1.165, 1.54) is 11.3 Å². The molecule has 1 amide bonds. The van der Waals surface area contributed by atoms with Crippen molar-refractivity contribution in [2.75, 3.05) is 11.9 Å². The summed E-state index contributed by atoms with van der Waals surface area (Å²) in [7, 11) is 0. The van der Waals surface area contributed by atoms with Crippen LogP contribution < -0.4 is 5.32 Å². The second kappa shape index (κ2) is 7.70. The summed E-state index contributed by atoms with van der Waals surface area (Å²) in [6, 6.07) is 0. The zero-order chi connectivity index (χ0) is 19.8. The van der Waals surface area contributed by atoms with Gasteiger partial charge in [0, 0.05) is 4.88 Å². The van der Waals surface area contributed by atoms with Crippen molar-refractivity contribution in [2.45, 2.75) is 45.4 Å². The Morgan fingerprint density at radius 3 is 2.54 bits per heavy atom. The smallest absolute Gasteiger partial charge is 0.341 e. The van der Waals surface area contributed by atoms with Crippen LogP contribution >= 0.6 is 11.3 Å². The first kappa shape index (κ1) is 19.2. The molecule has 28 heavy (non-hydrogen) atoms. The van der Waals surface area contributed by atoms with Crippen LogP contribution in [0, 0.1) is 23.7 Å². The highest BCUT2D eigenvalue weighted by Crippen LogP contribution is 2.46. The van der Waals surface area contributed by atoms with Crippen molar-refractivity contribution >= 4 is 34.2 Å². The number of fused-ring (bicyclic) bond motifs is 3. The first-order chi connectivity index (χ1) is 13.5. The Hall–Kier alpha value is -2.15. The quantitative estimate of drug-likeness (QED) is 0.559. The third kappa shape index (κ3) is 3.26. The minimum absolute atomic E-state index is 0.0617. The highest BCUT2D eigenvalue weighted by Gasteiger charge is 2.48. The molecule has 0 aliphatic heterocycles. The van der Waals surface area contributed by atoms with E-state index in [4.69, 9.17) is 4.74 Å². The lowest BCUT2D eigenvalue weighted by Gasteiger charge is -2.41. The number of hydrogen-bond acceptors (Lipinski definition) is 5. The zero-order valence-corrected chi connectivity index (χ0v) is 16.7. The number of carbonyl (C=O) groups excluding carboxylic acids is 2. The molecule has 1 fully saturated rings. The molecule has 2 N–H and O–H groups in total. The standard InChI is InChI=1S/C21H25NO5S/c1-2-10-27-21(26)17-13-4-3-5-14(13)28-19(17)22-18(23)15-11-6-8-12(9-7-11)16(15)20(24)25/h6,8,11-12,15-16H,2-5,7,9-10H2,1H3,(H,22,23)(H,24,25)/t11-,12-,15-,16+/m0/s1. The Morgan fingerprint density at radius 2 is 1.89 bits per heavy atom. The van der Waals surface area contributed by atoms with E-state index < -0.39 is 23.8 Å². The molecule has 2 bridgehead atoms. The minimum Gasteiger partial charge on any atom is -0.481 e. The molecule has 6 nitrogen and oxygen atoms in total. The van der Waals surface area contributed by atoms with Gasteiger partial charge in [-0.3, -0.25) is 9.59 Å². The van der Waals surface area contributed by atoms with Crippen molar-refractivity contribution in [3.05, 3.63) is 28.2 Å². The number of hydrogen-bond donors (Lipinski definition) is 2. The third-order valence-corrected chi connectivity index (χ3v) is 7.34. The number of amides is 1. The van der Waals surface area contributed by atoms with Gasteiger partial charge in [-0.1, -0.05) is 19.1 Å². The van der Waals surface area contributed by atoms with Crippen LogP contribution in [0.25, 0.3) is 0 Å². The number of nitrogens with one attached hydrogen (secondary N) is 1. The first-order valence-corrected chi connectivity index (χ1v) is 10.9. The average molecular weight is 404 g/mol. The minimum atomic E-state index is -0.921. The molecule has 1 saturated carbocycles. The number of ether oxygens (including phenoxy) is 1. The van der Waals surface area contributed by atoms with Crippen molar-refractivity contribution in [1.82, 2.24) is 0 Å². The van der Waals surface area contributed by atoms with Gasteiger partial charge in [-0.2, -0.15) is 0 Å². The fourth-order valence-corrected chi connectivity index (χ4v) is 6.14. The van der Waals surface area contributed by atoms with Crippen LogP contribution in [0.5, 0.6) is 0 Å². The molecule has 5 rings (SSSR count). The summed E-state index contributed by atoms with van der Waals surface area (Å²) in [5.74, 6) is -3.07. The normalized spacial score (nSPS) is 27.5. The van der Waals surface area contributed by atoms with E-state index in [2.05, 4.69) is 5.32 Å². The zero-order valence-electron chi connectivity index (χ0n) is 15.9. The maximum atomic E-state index is 13.1. The molecular formula is C21H25NO5S. The largest absolute Gasteiger partial charge is 0.481 e. The molecule has 1 aromatic rings. The summed E-state index contributed by atoms with van der Waals surface area (Å²) in [5, 5.41) is 13.1. The van der Waals surface area contributed by atoms with Crippen LogP contribution in [0.2, 0.25) is 0 Å². The van der Waals surface area contributed by atoms with Crippen molar-refractivity contribution in [3.8, 4) is 0 Å². The van der Waals surface area contributed by atoms with E-state index in [0.717, 1.165) is 49.0 Å². The van der Waals surface area contributed by atoms with Crippen LogP contribution in [-0.4, -0.2) is 29.6 Å². The Labute approximate surface area is 168 Å². The topological polar surface area (TPSA) is 92.7 Å². The molecule has 0 radical (unpaired) electrons. The molecule has 4 aliphatic rings. The fraction of sp³-hybridized carbons (Fsp3) is 0.571. The second-order valence-corrected chi connectivity index (χ2v) is 8.97. The van der Waals surface area contributed by atoms with Gasteiger partial charge in [0.15, 0.2) is 0 Å². The van der Waals surface area contributed by atoms with E-state index in [0.29, 0.717) is 17.2 Å². The van der Waals surface area contributed by atoms with Gasteiger partial charge in [0.1, 0.15) is 5.00 Å². The lowest BCUT2D eigenvalue weighted by Crippen LogP contribution is -2.47. The number of carboxylic acid groups (broad SMARTS) is 1. The molecule has 1 aromatic heterocycles. The molecule has 4 atom stereocenters. The van der Waals surface area contributed by atoms with Crippen LogP contribution in [0.3, 0.4) is 0 Å². The SMILES string of the molecule is CCCOC(=O)c1c(NC(=O)[C@@H]2[C@H](C(=O)O)[C@H]3C=C[C@H]2CC3)sc2c1CCC2. The van der Waals surface area contributed by atoms with Crippen molar-refractivity contribution in [1.29, 1.82) is 0 Å². The van der Waals surface area contributed by atoms with Gasteiger partial charge < -0.3 is 15.2 Å². The molecule has 0 saturated heterocycles. The van der Waals surface area contributed by atoms with Crippen molar-refractivity contribution in [3.63, 3.8) is 0 Å². The van der Waals surface area contributed by atoms with Gasteiger partial charge in [0.25, 0.3) is 0 Å². The average Bonchev–Trinajstić information content (AvgIpc) is 3.26. The van der Waals surface area contributed by atoms with Gasteiger partial charge >= 0.3 is 11.9 Å². The molecule has 7 heteroatoms. The lowest BCUT2D eigenvalue weighted by atomic mass is 9.62. The number of aryl methyl sites for hydroxylation is 1. The van der Waals surface area contributed by atoms with Gasteiger partial charge in [0.05, 0.1) is 24.0 Å². The van der Waals surface area contributed by atoms with Gasteiger partial charge in [0.2, 0.25) is 5.91 Å². The number of esters is 1.